The summed E-state index contributed by atoms with van der Waals surface area (Å²) in [5.41, 5.74) is 0.785. The number of benzene rings is 2. The van der Waals surface area contributed by atoms with Gasteiger partial charge in [-0.15, -0.1) is 0 Å². The molecule has 0 radical (unpaired) electrons. The van der Waals surface area contributed by atoms with E-state index in [-0.39, 0.29) is 11.3 Å². The van der Waals surface area contributed by atoms with Crippen molar-refractivity contribution >= 4 is 29.1 Å². The number of nitrogens with one attached hydrogen (secondary N) is 1. The molecule has 1 amide bonds. The van der Waals surface area contributed by atoms with E-state index in [9.17, 15) is 14.7 Å². The van der Waals surface area contributed by atoms with Crippen LogP contribution in [0.2, 0.25) is 5.02 Å². The summed E-state index contributed by atoms with van der Waals surface area (Å²) >= 11 is 5.88. The Balaban J connectivity index is 2.17. The fraction of sp³-hybridized carbons (Fsp3) is 0.200. The zero-order valence-electron chi connectivity index (χ0n) is 15.4. The number of carbonyl (C=O) groups is 2. The second-order valence-corrected chi connectivity index (χ2v) is 6.40. The number of halogens is 1. The van der Waals surface area contributed by atoms with E-state index >= 15 is 0 Å². The molecule has 0 aromatic heterocycles. The average molecular weight is 404 g/mol. The van der Waals surface area contributed by atoms with E-state index in [0.717, 1.165) is 0 Å². The van der Waals surface area contributed by atoms with Crippen molar-refractivity contribution in [3.05, 3.63) is 58.1 Å². The summed E-state index contributed by atoms with van der Waals surface area (Å²) in [6, 6.07) is 8.62. The van der Waals surface area contributed by atoms with E-state index in [1.165, 1.54) is 21.3 Å². The number of Topliss-reactive ketones (excluding diaryl/α,β-unsaturated/α-hetero) is 1. The van der Waals surface area contributed by atoms with Crippen LogP contribution in [0, 0.1) is 0 Å². The molecular formula is C20H18ClNO6. The molecule has 1 atom stereocenters. The van der Waals surface area contributed by atoms with Gasteiger partial charge in [-0.1, -0.05) is 11.6 Å². The highest BCUT2D eigenvalue weighted by atomic mass is 35.5. The maximum absolute atomic E-state index is 12.5. The van der Waals surface area contributed by atoms with Crippen LogP contribution >= 0.6 is 11.6 Å². The van der Waals surface area contributed by atoms with Gasteiger partial charge in [-0.2, -0.15) is 0 Å². The Hall–Kier alpha value is -3.19. The molecule has 1 unspecified atom stereocenters. The van der Waals surface area contributed by atoms with Crippen LogP contribution in [0.25, 0.3) is 5.76 Å². The fourth-order valence-electron chi connectivity index (χ4n) is 3.05. The maximum atomic E-state index is 12.5. The quantitative estimate of drug-likeness (QED) is 0.452. The van der Waals surface area contributed by atoms with Crippen LogP contribution in [0.4, 0.5) is 0 Å². The van der Waals surface area contributed by atoms with Crippen molar-refractivity contribution in [1.29, 1.82) is 0 Å². The number of ketones is 1. The summed E-state index contributed by atoms with van der Waals surface area (Å²) in [6.07, 6.45) is 0. The van der Waals surface area contributed by atoms with E-state index < -0.39 is 17.7 Å². The lowest BCUT2D eigenvalue weighted by Crippen LogP contribution is -2.21. The molecule has 7 nitrogen and oxygen atoms in total. The Morgan fingerprint density at radius 3 is 2.07 bits per heavy atom. The molecule has 2 aromatic carbocycles. The Morgan fingerprint density at radius 2 is 1.57 bits per heavy atom. The first kappa shape index (κ1) is 19.6. The summed E-state index contributed by atoms with van der Waals surface area (Å²) in [5, 5.41) is 13.8. The van der Waals surface area contributed by atoms with E-state index in [1.807, 2.05) is 0 Å². The molecule has 0 bridgehead atoms. The van der Waals surface area contributed by atoms with Crippen molar-refractivity contribution in [1.82, 2.24) is 5.32 Å². The number of hydrogen-bond donors (Lipinski definition) is 2. The Kier molecular flexibility index (Phi) is 5.46. The molecule has 1 aliphatic rings. The van der Waals surface area contributed by atoms with Gasteiger partial charge >= 0.3 is 0 Å². The molecule has 2 aromatic rings. The number of amides is 1. The minimum atomic E-state index is -0.885. The van der Waals surface area contributed by atoms with Gasteiger partial charge in [0.1, 0.15) is 5.76 Å². The molecule has 0 aliphatic carbocycles. The van der Waals surface area contributed by atoms with Gasteiger partial charge in [0.25, 0.3) is 11.7 Å². The molecule has 146 valence electrons. The van der Waals surface area contributed by atoms with Crippen molar-refractivity contribution in [2.24, 2.45) is 0 Å². The molecule has 1 heterocycles. The predicted molar refractivity (Wildman–Crippen MR) is 103 cm³/mol. The highest BCUT2D eigenvalue weighted by Crippen LogP contribution is 2.42. The highest BCUT2D eigenvalue weighted by molar-refractivity contribution is 6.46. The third kappa shape index (κ3) is 3.36. The van der Waals surface area contributed by atoms with Crippen molar-refractivity contribution in [2.45, 2.75) is 6.04 Å². The molecule has 1 fully saturated rings. The summed E-state index contributed by atoms with van der Waals surface area (Å²) in [5.74, 6) is -0.845. The van der Waals surface area contributed by atoms with E-state index in [0.29, 0.717) is 33.4 Å². The van der Waals surface area contributed by atoms with Crippen LogP contribution in [0.1, 0.15) is 17.2 Å². The number of aliphatic hydroxyl groups is 1. The fourth-order valence-corrected chi connectivity index (χ4v) is 3.17. The molecule has 2 N–H and O–H groups in total. The number of ether oxygens (including phenoxy) is 3. The number of hydrogen-bond acceptors (Lipinski definition) is 6. The molecular weight excluding hydrogens is 386 g/mol. The summed E-state index contributed by atoms with van der Waals surface area (Å²) in [7, 11) is 4.39. The lowest BCUT2D eigenvalue weighted by atomic mass is 9.95. The van der Waals surface area contributed by atoms with Crippen LogP contribution < -0.4 is 19.5 Å². The maximum Gasteiger partial charge on any atom is 0.293 e. The van der Waals surface area contributed by atoms with Crippen molar-refractivity contribution in [3.8, 4) is 17.2 Å². The number of methoxy groups -OCH3 is 3. The first-order chi connectivity index (χ1) is 13.4. The highest BCUT2D eigenvalue weighted by Gasteiger charge is 2.40. The zero-order chi connectivity index (χ0) is 20.4. The van der Waals surface area contributed by atoms with E-state index in [4.69, 9.17) is 25.8 Å². The average Bonchev–Trinajstić information content (AvgIpc) is 3.01. The molecule has 0 spiro atoms. The van der Waals surface area contributed by atoms with E-state index in [2.05, 4.69) is 5.32 Å². The number of carbonyl (C=O) groups excluding carboxylic acids is 2. The summed E-state index contributed by atoms with van der Waals surface area (Å²) in [4.78, 5) is 24.5. The van der Waals surface area contributed by atoms with Crippen LogP contribution in [0.3, 0.4) is 0 Å². The molecule has 8 heteroatoms. The van der Waals surface area contributed by atoms with Gasteiger partial charge in [0.2, 0.25) is 5.75 Å². The lowest BCUT2D eigenvalue weighted by molar-refractivity contribution is -0.133. The van der Waals surface area contributed by atoms with Crippen LogP contribution in [0.15, 0.2) is 42.0 Å². The van der Waals surface area contributed by atoms with Gasteiger partial charge in [-0.25, -0.2) is 0 Å². The molecule has 3 rings (SSSR count). The molecule has 0 saturated carbocycles. The second kappa shape index (κ2) is 7.82. The minimum absolute atomic E-state index is 0.0680. The summed E-state index contributed by atoms with van der Waals surface area (Å²) in [6.45, 7) is 0. The van der Waals surface area contributed by atoms with E-state index in [1.54, 1.807) is 36.4 Å². The monoisotopic (exact) mass is 403 g/mol. The first-order valence-electron chi connectivity index (χ1n) is 8.25. The normalized spacial score (nSPS) is 17.9. The predicted octanol–water partition coefficient (Wildman–Crippen LogP) is 3.08. The number of rotatable bonds is 5. The van der Waals surface area contributed by atoms with Crippen molar-refractivity contribution in [2.75, 3.05) is 21.3 Å². The third-order valence-corrected chi connectivity index (χ3v) is 4.66. The third-order valence-electron chi connectivity index (χ3n) is 4.41. The Bertz CT molecular complexity index is 942. The topological polar surface area (TPSA) is 94.1 Å². The largest absolute Gasteiger partial charge is 0.507 e. The Morgan fingerprint density at radius 1 is 1.00 bits per heavy atom. The van der Waals surface area contributed by atoms with Crippen LogP contribution in [-0.4, -0.2) is 38.1 Å². The zero-order valence-corrected chi connectivity index (χ0v) is 16.2. The number of aliphatic hydroxyl groups excluding tert-OH is 1. The van der Waals surface area contributed by atoms with Gasteiger partial charge < -0.3 is 24.6 Å². The summed E-state index contributed by atoms with van der Waals surface area (Å²) < 4.78 is 16.0. The molecule has 1 saturated heterocycles. The molecule has 28 heavy (non-hydrogen) atoms. The van der Waals surface area contributed by atoms with Crippen molar-refractivity contribution in [3.63, 3.8) is 0 Å². The van der Waals surface area contributed by atoms with Gasteiger partial charge in [0, 0.05) is 10.6 Å². The minimum Gasteiger partial charge on any atom is -0.507 e. The second-order valence-electron chi connectivity index (χ2n) is 5.96. The standard InChI is InChI=1S/C20H18ClNO6/c1-26-13-8-11(9-14(27-2)19(13)28-3)16-15(18(24)20(25)22-16)17(23)10-4-6-12(21)7-5-10/h4-9,16,23H,1-3H3,(H,22,25)/b17-15+. The smallest absolute Gasteiger partial charge is 0.293 e. The Labute approximate surface area is 166 Å². The van der Waals surface area contributed by atoms with Gasteiger partial charge in [-0.05, 0) is 42.0 Å². The first-order valence-corrected chi connectivity index (χ1v) is 8.63. The molecule has 1 aliphatic heterocycles. The van der Waals surface area contributed by atoms with Crippen molar-refractivity contribution < 1.29 is 28.9 Å². The van der Waals surface area contributed by atoms with Crippen LogP contribution in [0.5, 0.6) is 17.2 Å². The SMILES string of the molecule is COc1cc(C2NC(=O)C(=O)/C2=C(/O)c2ccc(Cl)cc2)cc(OC)c1OC. The lowest BCUT2D eigenvalue weighted by Gasteiger charge is -2.18. The van der Waals surface area contributed by atoms with Gasteiger partial charge in [0.05, 0.1) is 32.9 Å². The van der Waals surface area contributed by atoms with Crippen LogP contribution in [-0.2, 0) is 9.59 Å². The van der Waals surface area contributed by atoms with Gasteiger partial charge in [-0.3, -0.25) is 9.59 Å². The van der Waals surface area contributed by atoms with Gasteiger partial charge in [0.15, 0.2) is 11.5 Å².